The van der Waals surface area contributed by atoms with E-state index in [2.05, 4.69) is 29.1 Å². The zero-order valence-corrected chi connectivity index (χ0v) is 12.5. The Morgan fingerprint density at radius 2 is 2.00 bits per heavy atom. The molecule has 1 aromatic rings. The maximum absolute atomic E-state index is 4.62. The Kier molecular flexibility index (Phi) is 5.32. The molecule has 2 rings (SSSR count). The first kappa shape index (κ1) is 14.4. The van der Waals surface area contributed by atoms with Crippen molar-refractivity contribution in [2.75, 3.05) is 6.54 Å². The Morgan fingerprint density at radius 3 is 2.63 bits per heavy atom. The highest BCUT2D eigenvalue weighted by atomic mass is 15.0. The highest BCUT2D eigenvalue weighted by Crippen LogP contribution is 2.39. The maximum atomic E-state index is 4.62. The summed E-state index contributed by atoms with van der Waals surface area (Å²) in [6, 6.07) is 0.378. The molecule has 0 aromatic carbocycles. The maximum Gasteiger partial charge on any atom is 0.0759 e. The van der Waals surface area contributed by atoms with Crippen LogP contribution in [-0.2, 0) is 0 Å². The summed E-state index contributed by atoms with van der Waals surface area (Å²) in [4.78, 5) is 9.04. The minimum absolute atomic E-state index is 0.378. The largest absolute Gasteiger partial charge is 0.309 e. The zero-order valence-electron chi connectivity index (χ0n) is 12.5. The van der Waals surface area contributed by atoms with E-state index >= 15 is 0 Å². The molecule has 0 aliphatic heterocycles. The Balaban J connectivity index is 2.20. The van der Waals surface area contributed by atoms with Gasteiger partial charge in [0.05, 0.1) is 23.6 Å². The van der Waals surface area contributed by atoms with Crippen molar-refractivity contribution < 1.29 is 0 Å². The Hall–Kier alpha value is -0.960. The second-order valence-electron chi connectivity index (χ2n) is 5.73. The highest BCUT2D eigenvalue weighted by Gasteiger charge is 2.32. The first-order valence-electron chi connectivity index (χ1n) is 7.78. The van der Waals surface area contributed by atoms with Crippen molar-refractivity contribution in [1.82, 2.24) is 15.3 Å². The van der Waals surface area contributed by atoms with Gasteiger partial charge in [-0.1, -0.05) is 39.5 Å². The summed E-state index contributed by atoms with van der Waals surface area (Å²) in [6.07, 6.45) is 10.6. The number of aromatic nitrogens is 2. The molecule has 19 heavy (non-hydrogen) atoms. The van der Waals surface area contributed by atoms with Crippen LogP contribution >= 0.6 is 0 Å². The van der Waals surface area contributed by atoms with Gasteiger partial charge < -0.3 is 5.32 Å². The molecular weight excluding hydrogens is 234 g/mol. The first-order chi connectivity index (χ1) is 9.26. The van der Waals surface area contributed by atoms with Gasteiger partial charge in [-0.2, -0.15) is 0 Å². The Bertz CT molecular complexity index is 374. The Labute approximate surface area is 117 Å². The lowest BCUT2D eigenvalue weighted by Gasteiger charge is -2.37. The zero-order chi connectivity index (χ0) is 13.7. The second-order valence-corrected chi connectivity index (χ2v) is 5.73. The molecule has 0 spiro atoms. The van der Waals surface area contributed by atoms with E-state index in [1.165, 1.54) is 32.1 Å². The highest BCUT2D eigenvalue weighted by molar-refractivity contribution is 5.08. The van der Waals surface area contributed by atoms with Crippen molar-refractivity contribution in [2.45, 2.75) is 58.9 Å². The van der Waals surface area contributed by atoms with Crippen LogP contribution in [0.15, 0.2) is 12.4 Å². The molecular formula is C16H27N3. The van der Waals surface area contributed by atoms with Crippen LogP contribution < -0.4 is 5.32 Å². The quantitative estimate of drug-likeness (QED) is 0.879. The number of nitrogens with zero attached hydrogens (tertiary/aromatic N) is 2. The van der Waals surface area contributed by atoms with Gasteiger partial charge in [0, 0.05) is 6.20 Å². The van der Waals surface area contributed by atoms with Gasteiger partial charge in [-0.25, -0.2) is 0 Å². The van der Waals surface area contributed by atoms with Gasteiger partial charge in [0.15, 0.2) is 0 Å². The normalized spacial score (nSPS) is 25.2. The van der Waals surface area contributed by atoms with Crippen LogP contribution in [0, 0.1) is 18.8 Å². The van der Waals surface area contributed by atoms with Crippen molar-refractivity contribution in [2.24, 2.45) is 11.8 Å². The molecule has 3 unspecified atom stereocenters. The van der Waals surface area contributed by atoms with Gasteiger partial charge in [-0.15, -0.1) is 0 Å². The third-order valence-corrected chi connectivity index (χ3v) is 4.46. The average molecular weight is 261 g/mol. The van der Waals surface area contributed by atoms with Gasteiger partial charge in [0.2, 0.25) is 0 Å². The van der Waals surface area contributed by atoms with Gasteiger partial charge >= 0.3 is 0 Å². The average Bonchev–Trinajstić information content (AvgIpc) is 2.46. The van der Waals surface area contributed by atoms with Crippen LogP contribution in [0.5, 0.6) is 0 Å². The Morgan fingerprint density at radius 1 is 1.21 bits per heavy atom. The topological polar surface area (TPSA) is 37.8 Å². The van der Waals surface area contributed by atoms with Crippen molar-refractivity contribution >= 4 is 0 Å². The van der Waals surface area contributed by atoms with Crippen molar-refractivity contribution in [3.8, 4) is 0 Å². The van der Waals surface area contributed by atoms with Gasteiger partial charge in [0.25, 0.3) is 0 Å². The number of nitrogens with one attached hydrogen (secondary N) is 1. The van der Waals surface area contributed by atoms with E-state index in [1.54, 1.807) is 0 Å². The molecule has 3 nitrogen and oxygen atoms in total. The third kappa shape index (κ3) is 3.53. The van der Waals surface area contributed by atoms with Crippen LogP contribution in [0.1, 0.15) is 63.4 Å². The molecule has 0 amide bonds. The minimum atomic E-state index is 0.378. The monoisotopic (exact) mass is 261 g/mol. The SMILES string of the molecule is CCNC(c1cnc(C)cn1)C1CCCCC1CC. The van der Waals surface area contributed by atoms with Crippen LogP contribution in [0.25, 0.3) is 0 Å². The molecule has 1 aromatic heterocycles. The minimum Gasteiger partial charge on any atom is -0.309 e. The van der Waals surface area contributed by atoms with Crippen molar-refractivity contribution in [3.05, 3.63) is 23.8 Å². The lowest BCUT2D eigenvalue weighted by molar-refractivity contribution is 0.174. The summed E-state index contributed by atoms with van der Waals surface area (Å²) in [5, 5.41) is 3.65. The van der Waals surface area contributed by atoms with Crippen LogP contribution in [0.2, 0.25) is 0 Å². The molecule has 0 radical (unpaired) electrons. The molecule has 1 saturated carbocycles. The summed E-state index contributed by atoms with van der Waals surface area (Å²) >= 11 is 0. The summed E-state index contributed by atoms with van der Waals surface area (Å²) in [5.41, 5.74) is 2.12. The molecule has 1 fully saturated rings. The second kappa shape index (κ2) is 6.99. The van der Waals surface area contributed by atoms with E-state index in [4.69, 9.17) is 0 Å². The fraction of sp³-hybridized carbons (Fsp3) is 0.750. The standard InChI is InChI=1S/C16H27N3/c1-4-13-8-6-7-9-14(13)16(17-5-2)15-11-18-12(3)10-19-15/h10-11,13-14,16-17H,4-9H2,1-3H3. The molecule has 1 aliphatic rings. The van der Waals surface area contributed by atoms with Crippen LogP contribution in [0.3, 0.4) is 0 Å². The molecule has 1 aliphatic carbocycles. The molecule has 106 valence electrons. The smallest absolute Gasteiger partial charge is 0.0759 e. The van der Waals surface area contributed by atoms with E-state index < -0.39 is 0 Å². The van der Waals surface area contributed by atoms with Gasteiger partial charge in [0.1, 0.15) is 0 Å². The fourth-order valence-corrected chi connectivity index (χ4v) is 3.44. The van der Waals surface area contributed by atoms with Crippen molar-refractivity contribution in [1.29, 1.82) is 0 Å². The van der Waals surface area contributed by atoms with E-state index in [0.29, 0.717) is 6.04 Å². The van der Waals surface area contributed by atoms with Gasteiger partial charge in [-0.3, -0.25) is 9.97 Å². The lowest BCUT2D eigenvalue weighted by atomic mass is 9.73. The van der Waals surface area contributed by atoms with Crippen molar-refractivity contribution in [3.63, 3.8) is 0 Å². The summed E-state index contributed by atoms with van der Waals surface area (Å²) in [5.74, 6) is 1.55. The summed E-state index contributed by atoms with van der Waals surface area (Å²) < 4.78 is 0. The molecule has 1 N–H and O–H groups in total. The number of aryl methyl sites for hydroxylation is 1. The fourth-order valence-electron chi connectivity index (χ4n) is 3.44. The molecule has 0 saturated heterocycles. The third-order valence-electron chi connectivity index (χ3n) is 4.46. The van der Waals surface area contributed by atoms with E-state index in [-0.39, 0.29) is 0 Å². The van der Waals surface area contributed by atoms with Crippen LogP contribution in [0.4, 0.5) is 0 Å². The summed E-state index contributed by atoms with van der Waals surface area (Å²) in [6.45, 7) is 7.49. The molecule has 1 heterocycles. The predicted octanol–water partition coefficient (Wildman–Crippen LogP) is 3.65. The first-order valence-corrected chi connectivity index (χ1v) is 7.78. The van der Waals surface area contributed by atoms with E-state index in [9.17, 15) is 0 Å². The number of hydrogen-bond donors (Lipinski definition) is 1. The van der Waals surface area contributed by atoms with Gasteiger partial charge in [-0.05, 0) is 31.7 Å². The lowest BCUT2D eigenvalue weighted by Crippen LogP contribution is -2.35. The molecule has 3 atom stereocenters. The van der Waals surface area contributed by atoms with E-state index in [1.807, 2.05) is 19.3 Å². The predicted molar refractivity (Wildman–Crippen MR) is 78.9 cm³/mol. The van der Waals surface area contributed by atoms with E-state index in [0.717, 1.165) is 29.8 Å². The summed E-state index contributed by atoms with van der Waals surface area (Å²) in [7, 11) is 0. The number of rotatable bonds is 5. The molecule has 3 heteroatoms. The van der Waals surface area contributed by atoms with Crippen LogP contribution in [-0.4, -0.2) is 16.5 Å². The number of hydrogen-bond acceptors (Lipinski definition) is 3. The molecule has 0 bridgehead atoms.